The van der Waals surface area contributed by atoms with E-state index in [9.17, 15) is 9.59 Å². The Hall–Kier alpha value is -1.60. The van der Waals surface area contributed by atoms with Gasteiger partial charge in [0.25, 0.3) is 0 Å². The van der Waals surface area contributed by atoms with Gasteiger partial charge < -0.3 is 20.5 Å². The summed E-state index contributed by atoms with van der Waals surface area (Å²) >= 11 is 3.46. The Morgan fingerprint density at radius 3 is 2.90 bits per heavy atom. The number of ether oxygens (including phenoxy) is 1. The Labute approximate surface area is 131 Å². The monoisotopic (exact) mass is 356 g/mol. The highest BCUT2D eigenvalue weighted by molar-refractivity contribution is 9.10. The lowest BCUT2D eigenvalue weighted by Crippen LogP contribution is -2.46. The molecule has 0 aromatic heterocycles. The van der Waals surface area contributed by atoms with Gasteiger partial charge in [0.05, 0.1) is 6.61 Å². The van der Waals surface area contributed by atoms with Crippen molar-refractivity contribution >= 4 is 27.8 Å². The van der Waals surface area contributed by atoms with E-state index in [-0.39, 0.29) is 12.5 Å². The highest BCUT2D eigenvalue weighted by Gasteiger charge is 2.20. The molecule has 1 atom stereocenters. The van der Waals surface area contributed by atoms with E-state index >= 15 is 0 Å². The minimum atomic E-state index is -1.06. The minimum absolute atomic E-state index is 0.149. The number of hydrogen-bond acceptors (Lipinski definition) is 4. The second-order valence-electron chi connectivity index (χ2n) is 4.87. The maximum absolute atomic E-state index is 11.0. The van der Waals surface area contributed by atoms with Crippen molar-refractivity contribution in [2.24, 2.45) is 0 Å². The quantitative estimate of drug-likeness (QED) is 0.709. The number of carboxylic acids is 1. The molecule has 21 heavy (non-hydrogen) atoms. The summed E-state index contributed by atoms with van der Waals surface area (Å²) in [5.74, 6) is -0.554. The summed E-state index contributed by atoms with van der Waals surface area (Å²) in [5, 5.41) is 14.5. The number of carbonyl (C=O) groups is 2. The molecule has 7 heteroatoms. The number of nitrogens with one attached hydrogen (secondary N) is 2. The van der Waals surface area contributed by atoms with E-state index in [1.54, 1.807) is 0 Å². The van der Waals surface area contributed by atoms with E-state index in [1.165, 1.54) is 6.92 Å². The van der Waals surface area contributed by atoms with Crippen LogP contribution in [0.25, 0.3) is 0 Å². The highest BCUT2D eigenvalue weighted by Crippen LogP contribution is 2.32. The molecule has 1 heterocycles. The van der Waals surface area contributed by atoms with Crippen molar-refractivity contribution < 1.29 is 19.4 Å². The molecule has 1 aliphatic heterocycles. The largest absolute Gasteiger partial charge is 0.493 e. The van der Waals surface area contributed by atoms with E-state index in [0.717, 1.165) is 27.8 Å². The summed E-state index contributed by atoms with van der Waals surface area (Å²) in [5.41, 5.74) is 2.13. The van der Waals surface area contributed by atoms with Crippen molar-refractivity contribution in [1.29, 1.82) is 0 Å². The van der Waals surface area contributed by atoms with Crippen LogP contribution in [-0.4, -0.2) is 36.2 Å². The smallest absolute Gasteiger partial charge is 0.327 e. The molecule has 6 nitrogen and oxygen atoms in total. The second kappa shape index (κ2) is 6.91. The third-order valence-electron chi connectivity index (χ3n) is 3.16. The highest BCUT2D eigenvalue weighted by atomic mass is 79.9. The van der Waals surface area contributed by atoms with Gasteiger partial charge in [-0.05, 0) is 17.7 Å². The predicted octanol–water partition coefficient (Wildman–Crippen LogP) is 1.06. The number of fused-ring (bicyclic) bond motifs is 1. The average molecular weight is 357 g/mol. The molecule has 2 rings (SSSR count). The normalized spacial score (nSPS) is 14.2. The van der Waals surface area contributed by atoms with Crippen molar-refractivity contribution in [2.45, 2.75) is 25.9 Å². The molecule has 1 aliphatic rings. The lowest BCUT2D eigenvalue weighted by Gasteiger charge is -2.15. The molecule has 0 aliphatic carbocycles. The molecule has 0 saturated carbocycles. The first-order chi connectivity index (χ1) is 9.97. The Morgan fingerprint density at radius 1 is 1.48 bits per heavy atom. The van der Waals surface area contributed by atoms with E-state index in [1.807, 2.05) is 12.1 Å². The van der Waals surface area contributed by atoms with Gasteiger partial charge in [0.15, 0.2) is 0 Å². The van der Waals surface area contributed by atoms with Crippen LogP contribution in [0.2, 0.25) is 0 Å². The summed E-state index contributed by atoms with van der Waals surface area (Å²) in [7, 11) is 0. The zero-order valence-electron chi connectivity index (χ0n) is 11.6. The molecule has 0 bridgehead atoms. The number of carboxylic acid groups (broad SMARTS) is 1. The summed E-state index contributed by atoms with van der Waals surface area (Å²) in [4.78, 5) is 22.0. The Bertz CT molecular complexity index is 562. The van der Waals surface area contributed by atoms with E-state index in [2.05, 4.69) is 26.6 Å². The van der Waals surface area contributed by atoms with Gasteiger partial charge in [0.2, 0.25) is 5.91 Å². The summed E-state index contributed by atoms with van der Waals surface area (Å²) in [6.45, 7) is 2.59. The molecule has 3 N–H and O–H groups in total. The number of rotatable bonds is 6. The van der Waals surface area contributed by atoms with E-state index in [4.69, 9.17) is 9.84 Å². The van der Waals surface area contributed by atoms with Crippen LogP contribution in [-0.2, 0) is 22.6 Å². The maximum Gasteiger partial charge on any atom is 0.327 e. The van der Waals surface area contributed by atoms with E-state index < -0.39 is 12.0 Å². The number of carbonyl (C=O) groups excluding carboxylic acids is 1. The summed E-state index contributed by atoms with van der Waals surface area (Å²) in [6.07, 6.45) is 0.880. The number of amides is 1. The first kappa shape index (κ1) is 15.8. The molecule has 0 fully saturated rings. The molecule has 1 unspecified atom stereocenters. The van der Waals surface area contributed by atoms with Crippen molar-refractivity contribution in [3.05, 3.63) is 27.7 Å². The Balaban J connectivity index is 1.97. The Morgan fingerprint density at radius 2 is 2.24 bits per heavy atom. The molecule has 1 amide bonds. The average Bonchev–Trinajstić information content (AvgIpc) is 2.84. The van der Waals surface area contributed by atoms with Gasteiger partial charge in [-0.15, -0.1) is 0 Å². The molecule has 114 valence electrons. The molecule has 0 spiro atoms. The van der Waals surface area contributed by atoms with Crippen molar-refractivity contribution in [1.82, 2.24) is 10.6 Å². The van der Waals surface area contributed by atoms with E-state index in [0.29, 0.717) is 13.2 Å². The van der Waals surface area contributed by atoms with Crippen LogP contribution in [0.15, 0.2) is 16.6 Å². The number of aliphatic carboxylic acids is 1. The molecule has 1 aromatic carbocycles. The topological polar surface area (TPSA) is 87.7 Å². The van der Waals surface area contributed by atoms with Crippen LogP contribution in [0.1, 0.15) is 18.1 Å². The zero-order chi connectivity index (χ0) is 15.4. The number of benzene rings is 1. The van der Waals surface area contributed by atoms with Gasteiger partial charge in [-0.1, -0.05) is 15.9 Å². The van der Waals surface area contributed by atoms with Gasteiger partial charge in [0.1, 0.15) is 11.8 Å². The molecule has 0 saturated heterocycles. The number of hydrogen-bond donors (Lipinski definition) is 3. The molecule has 1 aromatic rings. The van der Waals surface area contributed by atoms with Crippen molar-refractivity contribution in [3.63, 3.8) is 0 Å². The van der Waals surface area contributed by atoms with Crippen LogP contribution < -0.4 is 15.4 Å². The van der Waals surface area contributed by atoms with Crippen LogP contribution in [0.5, 0.6) is 5.75 Å². The third-order valence-corrected chi connectivity index (χ3v) is 3.62. The van der Waals surface area contributed by atoms with Gasteiger partial charge >= 0.3 is 5.97 Å². The number of halogens is 1. The first-order valence-corrected chi connectivity index (χ1v) is 7.41. The maximum atomic E-state index is 11.0. The summed E-state index contributed by atoms with van der Waals surface area (Å²) in [6, 6.07) is 3.04. The SMILES string of the molecule is CC(=O)NC(CNCc1cc(Br)cc2c1OCC2)C(=O)O. The van der Waals surface area contributed by atoms with Crippen molar-refractivity contribution in [3.8, 4) is 5.75 Å². The van der Waals surface area contributed by atoms with Gasteiger partial charge in [-0.25, -0.2) is 4.79 Å². The van der Waals surface area contributed by atoms with Crippen LogP contribution in [0.3, 0.4) is 0 Å². The van der Waals surface area contributed by atoms with Gasteiger partial charge in [0, 0.05) is 36.5 Å². The third kappa shape index (κ3) is 4.18. The molecule has 0 radical (unpaired) electrons. The second-order valence-corrected chi connectivity index (χ2v) is 5.79. The van der Waals surface area contributed by atoms with Gasteiger partial charge in [-0.2, -0.15) is 0 Å². The lowest BCUT2D eigenvalue weighted by molar-refractivity contribution is -0.141. The molecular weight excluding hydrogens is 340 g/mol. The fourth-order valence-electron chi connectivity index (χ4n) is 2.27. The fraction of sp³-hybridized carbons (Fsp3) is 0.429. The zero-order valence-corrected chi connectivity index (χ0v) is 13.2. The van der Waals surface area contributed by atoms with Crippen LogP contribution in [0.4, 0.5) is 0 Å². The summed E-state index contributed by atoms with van der Waals surface area (Å²) < 4.78 is 6.58. The lowest BCUT2D eigenvalue weighted by atomic mass is 10.1. The minimum Gasteiger partial charge on any atom is -0.493 e. The van der Waals surface area contributed by atoms with Crippen LogP contribution in [0, 0.1) is 0 Å². The van der Waals surface area contributed by atoms with Crippen molar-refractivity contribution in [2.75, 3.05) is 13.2 Å². The van der Waals surface area contributed by atoms with Crippen LogP contribution >= 0.6 is 15.9 Å². The van der Waals surface area contributed by atoms with Gasteiger partial charge in [-0.3, -0.25) is 4.79 Å². The molecular formula is C14H17BrN2O4. The fourth-order valence-corrected chi connectivity index (χ4v) is 2.83. The standard InChI is InChI=1S/C14H17BrN2O4/c1-8(18)17-12(14(19)20)7-16-6-10-5-11(15)4-9-2-3-21-13(9)10/h4-5,12,16H,2-3,6-7H2,1H3,(H,17,18)(H,19,20). The Kier molecular flexibility index (Phi) is 5.19. The first-order valence-electron chi connectivity index (χ1n) is 6.62. The predicted molar refractivity (Wildman–Crippen MR) is 80.3 cm³/mol.